The van der Waals surface area contributed by atoms with Gasteiger partial charge in [0, 0.05) is 25.1 Å². The number of anilines is 1. The monoisotopic (exact) mass is 265 g/mol. The van der Waals surface area contributed by atoms with Gasteiger partial charge in [-0.3, -0.25) is 0 Å². The summed E-state index contributed by atoms with van der Waals surface area (Å²) in [7, 11) is 0. The third kappa shape index (κ3) is 3.44. The zero-order valence-electron chi connectivity index (χ0n) is 11.4. The van der Waals surface area contributed by atoms with Crippen LogP contribution in [0.25, 0.3) is 0 Å². The van der Waals surface area contributed by atoms with Crippen LogP contribution in [0.15, 0.2) is 23.2 Å². The summed E-state index contributed by atoms with van der Waals surface area (Å²) in [6.45, 7) is 6.87. The second-order valence-corrected chi connectivity index (χ2v) is 4.92. The first-order valence-electron chi connectivity index (χ1n) is 6.54. The molecule has 0 unspecified atom stereocenters. The number of aliphatic imine (C=N–C) groups is 1. The summed E-state index contributed by atoms with van der Waals surface area (Å²) in [5, 5.41) is 0. The quantitative estimate of drug-likeness (QED) is 0.674. The minimum Gasteiger partial charge on any atom is -0.387 e. The molecule has 2 N–H and O–H groups in total. The van der Waals surface area contributed by atoms with Crippen LogP contribution >= 0.6 is 0 Å². The van der Waals surface area contributed by atoms with E-state index in [9.17, 15) is 4.39 Å². The molecule has 0 spiro atoms. The van der Waals surface area contributed by atoms with E-state index < -0.39 is 0 Å². The maximum atomic E-state index is 13.4. The molecule has 4 nitrogen and oxygen atoms in total. The number of hydrogen-bond acceptors (Lipinski definition) is 3. The van der Waals surface area contributed by atoms with Crippen molar-refractivity contribution in [2.45, 2.75) is 13.8 Å². The lowest BCUT2D eigenvalue weighted by Gasteiger charge is -2.29. The molecular weight excluding hydrogens is 245 g/mol. The van der Waals surface area contributed by atoms with E-state index >= 15 is 0 Å². The summed E-state index contributed by atoms with van der Waals surface area (Å²) in [5.74, 6) is 0.355. The van der Waals surface area contributed by atoms with Crippen LogP contribution in [0.5, 0.6) is 0 Å². The molecule has 1 aromatic rings. The number of nitrogens with zero attached hydrogens (tertiary/aromatic N) is 2. The van der Waals surface area contributed by atoms with Crippen molar-refractivity contribution < 1.29 is 9.13 Å². The van der Waals surface area contributed by atoms with E-state index in [4.69, 9.17) is 10.5 Å². The summed E-state index contributed by atoms with van der Waals surface area (Å²) in [5.41, 5.74) is 7.38. The summed E-state index contributed by atoms with van der Waals surface area (Å²) in [4.78, 5) is 6.51. The van der Waals surface area contributed by atoms with Crippen LogP contribution in [0.3, 0.4) is 0 Å². The molecule has 1 heterocycles. The lowest BCUT2D eigenvalue weighted by Crippen LogP contribution is -2.36. The van der Waals surface area contributed by atoms with Crippen LogP contribution in [-0.2, 0) is 4.74 Å². The van der Waals surface area contributed by atoms with Gasteiger partial charge in [-0.05, 0) is 12.1 Å². The standard InChI is InChI=1S/C14H20FN3O/c1-10(2)14(16)17-12-9-11(15)3-4-13(12)18-5-7-19-8-6-18/h3-4,9-10H,5-8H2,1-2H3,(H2,16,17). The van der Waals surface area contributed by atoms with E-state index in [2.05, 4.69) is 9.89 Å². The smallest absolute Gasteiger partial charge is 0.125 e. The van der Waals surface area contributed by atoms with Crippen molar-refractivity contribution in [2.75, 3.05) is 31.2 Å². The molecule has 0 saturated carbocycles. The van der Waals surface area contributed by atoms with E-state index in [0.29, 0.717) is 24.7 Å². The summed E-state index contributed by atoms with van der Waals surface area (Å²) < 4.78 is 18.7. The molecular formula is C14H20FN3O. The first kappa shape index (κ1) is 13.8. The predicted octanol–water partition coefficient (Wildman–Crippen LogP) is 2.31. The summed E-state index contributed by atoms with van der Waals surface area (Å²) in [6.07, 6.45) is 0. The molecule has 0 aliphatic carbocycles. The Balaban J connectivity index is 2.34. The van der Waals surface area contributed by atoms with E-state index in [-0.39, 0.29) is 11.7 Å². The van der Waals surface area contributed by atoms with Crippen molar-refractivity contribution in [3.05, 3.63) is 24.0 Å². The molecule has 1 aromatic carbocycles. The Labute approximate surface area is 113 Å². The molecule has 1 aliphatic heterocycles. The average Bonchev–Trinajstić information content (AvgIpc) is 2.39. The third-order valence-corrected chi connectivity index (χ3v) is 3.13. The topological polar surface area (TPSA) is 50.8 Å². The zero-order valence-corrected chi connectivity index (χ0v) is 11.4. The lowest BCUT2D eigenvalue weighted by atomic mass is 10.2. The van der Waals surface area contributed by atoms with Gasteiger partial charge in [0.25, 0.3) is 0 Å². The first-order chi connectivity index (χ1) is 9.08. The minimum absolute atomic E-state index is 0.140. The van der Waals surface area contributed by atoms with E-state index in [1.807, 2.05) is 13.8 Å². The Kier molecular flexibility index (Phi) is 4.37. The maximum absolute atomic E-state index is 13.4. The highest BCUT2D eigenvalue weighted by atomic mass is 19.1. The molecule has 0 atom stereocenters. The fourth-order valence-corrected chi connectivity index (χ4v) is 1.93. The number of morpholine rings is 1. The van der Waals surface area contributed by atoms with Gasteiger partial charge in [0.05, 0.1) is 24.6 Å². The first-order valence-corrected chi connectivity index (χ1v) is 6.54. The van der Waals surface area contributed by atoms with Crippen LogP contribution < -0.4 is 10.6 Å². The summed E-state index contributed by atoms with van der Waals surface area (Å²) in [6, 6.07) is 4.64. The van der Waals surface area contributed by atoms with Gasteiger partial charge in [-0.1, -0.05) is 13.8 Å². The van der Waals surface area contributed by atoms with Gasteiger partial charge in [-0.25, -0.2) is 9.38 Å². The van der Waals surface area contributed by atoms with Crippen LogP contribution in [0, 0.1) is 11.7 Å². The van der Waals surface area contributed by atoms with Gasteiger partial charge in [-0.2, -0.15) is 0 Å². The highest BCUT2D eigenvalue weighted by Crippen LogP contribution is 2.30. The third-order valence-electron chi connectivity index (χ3n) is 3.13. The molecule has 1 saturated heterocycles. The second kappa shape index (κ2) is 6.02. The molecule has 104 valence electrons. The SMILES string of the molecule is CC(C)C(N)=Nc1cc(F)ccc1N1CCOCC1. The number of ether oxygens (including phenoxy) is 1. The lowest BCUT2D eigenvalue weighted by molar-refractivity contribution is 0.123. The van der Waals surface area contributed by atoms with Crippen LogP contribution in [0.4, 0.5) is 15.8 Å². The number of amidine groups is 1. The Morgan fingerprint density at radius 3 is 2.68 bits per heavy atom. The van der Waals surface area contributed by atoms with E-state index in [1.54, 1.807) is 6.07 Å². The van der Waals surface area contributed by atoms with Gasteiger partial charge >= 0.3 is 0 Å². The molecule has 5 heteroatoms. The van der Waals surface area contributed by atoms with Crippen molar-refractivity contribution in [1.82, 2.24) is 0 Å². The number of nitrogens with two attached hydrogens (primary N) is 1. The summed E-state index contributed by atoms with van der Waals surface area (Å²) >= 11 is 0. The maximum Gasteiger partial charge on any atom is 0.125 e. The highest BCUT2D eigenvalue weighted by Gasteiger charge is 2.15. The average molecular weight is 265 g/mol. The molecule has 0 amide bonds. The molecule has 19 heavy (non-hydrogen) atoms. The molecule has 0 aromatic heterocycles. The predicted molar refractivity (Wildman–Crippen MR) is 75.6 cm³/mol. The van der Waals surface area contributed by atoms with Crippen molar-refractivity contribution >= 4 is 17.2 Å². The fraction of sp³-hybridized carbons (Fsp3) is 0.500. The van der Waals surface area contributed by atoms with Crippen molar-refractivity contribution in [3.8, 4) is 0 Å². The highest BCUT2D eigenvalue weighted by molar-refractivity contribution is 5.87. The van der Waals surface area contributed by atoms with E-state index in [0.717, 1.165) is 18.8 Å². The van der Waals surface area contributed by atoms with Crippen LogP contribution in [-0.4, -0.2) is 32.1 Å². The van der Waals surface area contributed by atoms with Crippen molar-refractivity contribution in [2.24, 2.45) is 16.6 Å². The number of halogens is 1. The Hall–Kier alpha value is -1.62. The van der Waals surface area contributed by atoms with Gasteiger partial charge in [0.1, 0.15) is 11.7 Å². The van der Waals surface area contributed by atoms with Gasteiger partial charge < -0.3 is 15.4 Å². The largest absolute Gasteiger partial charge is 0.387 e. The minimum atomic E-state index is -0.299. The van der Waals surface area contributed by atoms with Crippen LogP contribution in [0.1, 0.15) is 13.8 Å². The molecule has 1 aliphatic rings. The van der Waals surface area contributed by atoms with Crippen molar-refractivity contribution in [3.63, 3.8) is 0 Å². The Morgan fingerprint density at radius 2 is 2.05 bits per heavy atom. The van der Waals surface area contributed by atoms with Gasteiger partial charge in [0.2, 0.25) is 0 Å². The fourth-order valence-electron chi connectivity index (χ4n) is 1.93. The Morgan fingerprint density at radius 1 is 1.37 bits per heavy atom. The molecule has 2 rings (SSSR count). The second-order valence-electron chi connectivity index (χ2n) is 4.92. The Bertz CT molecular complexity index is 468. The number of benzene rings is 1. The van der Waals surface area contributed by atoms with E-state index in [1.165, 1.54) is 12.1 Å². The van der Waals surface area contributed by atoms with Crippen LogP contribution in [0.2, 0.25) is 0 Å². The normalized spacial score (nSPS) is 17.1. The molecule has 0 bridgehead atoms. The zero-order chi connectivity index (χ0) is 13.8. The number of rotatable bonds is 3. The molecule has 0 radical (unpaired) electrons. The van der Waals surface area contributed by atoms with Crippen molar-refractivity contribution in [1.29, 1.82) is 0 Å². The molecule has 1 fully saturated rings. The van der Waals surface area contributed by atoms with Gasteiger partial charge in [0.15, 0.2) is 0 Å². The number of hydrogen-bond donors (Lipinski definition) is 1. The van der Waals surface area contributed by atoms with Gasteiger partial charge in [-0.15, -0.1) is 0 Å².